The van der Waals surface area contributed by atoms with Crippen molar-refractivity contribution in [3.63, 3.8) is 0 Å². The summed E-state index contributed by atoms with van der Waals surface area (Å²) >= 11 is 0. The molecule has 1 heterocycles. The van der Waals surface area contributed by atoms with Crippen LogP contribution in [0.5, 0.6) is 11.5 Å². The van der Waals surface area contributed by atoms with Crippen LogP contribution in [0.3, 0.4) is 0 Å². The highest BCUT2D eigenvalue weighted by Gasteiger charge is 2.20. The number of methoxy groups -OCH3 is 1. The molecule has 0 bridgehead atoms. The zero-order chi connectivity index (χ0) is 14.5. The van der Waals surface area contributed by atoms with Gasteiger partial charge in [0.2, 0.25) is 0 Å². The van der Waals surface area contributed by atoms with Crippen LogP contribution < -0.4 is 15.2 Å². The Morgan fingerprint density at radius 3 is 2.70 bits per heavy atom. The molecule has 0 spiro atoms. The first-order valence-electron chi connectivity index (χ1n) is 6.59. The van der Waals surface area contributed by atoms with Gasteiger partial charge in [-0.3, -0.25) is 0 Å². The number of ether oxygens (including phenoxy) is 4. The van der Waals surface area contributed by atoms with E-state index in [1.54, 1.807) is 13.2 Å². The topological polar surface area (TPSA) is 62.9 Å². The molecule has 1 aromatic carbocycles. The number of nitrogens with two attached hydrogens (primary N) is 1. The maximum absolute atomic E-state index is 6.04. The predicted octanol–water partition coefficient (Wildman–Crippen LogP) is 2.67. The molecule has 1 saturated heterocycles. The van der Waals surface area contributed by atoms with Crippen molar-refractivity contribution < 1.29 is 18.9 Å². The minimum Gasteiger partial charge on any atom is -0.493 e. The molecule has 0 unspecified atom stereocenters. The zero-order valence-corrected chi connectivity index (χ0v) is 12.0. The third-order valence-corrected chi connectivity index (χ3v) is 2.89. The summed E-state index contributed by atoms with van der Waals surface area (Å²) < 4.78 is 22.1. The van der Waals surface area contributed by atoms with Gasteiger partial charge in [0.05, 0.1) is 26.0 Å². The van der Waals surface area contributed by atoms with Crippen LogP contribution >= 0.6 is 0 Å². The second kappa shape index (κ2) is 6.63. The molecule has 0 atom stereocenters. The summed E-state index contributed by atoms with van der Waals surface area (Å²) in [5, 5.41) is 0. The van der Waals surface area contributed by atoms with Gasteiger partial charge >= 0.3 is 0 Å². The van der Waals surface area contributed by atoms with Crippen LogP contribution in [0, 0.1) is 0 Å². The summed E-state index contributed by atoms with van der Waals surface area (Å²) in [6.45, 7) is 7.45. The minimum absolute atomic E-state index is 0.393. The second-order valence-electron chi connectivity index (χ2n) is 4.81. The Morgan fingerprint density at radius 1 is 1.40 bits per heavy atom. The maximum Gasteiger partial charge on any atom is 0.184 e. The van der Waals surface area contributed by atoms with E-state index in [0.29, 0.717) is 37.0 Å². The average molecular weight is 279 g/mol. The largest absolute Gasteiger partial charge is 0.493 e. The Morgan fingerprint density at radius 2 is 2.10 bits per heavy atom. The molecule has 1 aliphatic heterocycles. The molecule has 1 aliphatic rings. The Labute approximate surface area is 119 Å². The lowest BCUT2D eigenvalue weighted by Crippen LogP contribution is -2.18. The first-order chi connectivity index (χ1) is 9.61. The van der Waals surface area contributed by atoms with Crippen LogP contribution in [0.4, 0.5) is 5.69 Å². The van der Waals surface area contributed by atoms with E-state index in [1.807, 2.05) is 13.0 Å². The molecule has 2 rings (SSSR count). The first kappa shape index (κ1) is 14.7. The highest BCUT2D eigenvalue weighted by molar-refractivity contribution is 5.62. The lowest BCUT2D eigenvalue weighted by atomic mass is 10.1. The van der Waals surface area contributed by atoms with Crippen LogP contribution in [-0.2, 0) is 9.47 Å². The fourth-order valence-corrected chi connectivity index (χ4v) is 1.96. The molecule has 1 fully saturated rings. The molecule has 0 amide bonds. The molecule has 0 aliphatic carbocycles. The van der Waals surface area contributed by atoms with Crippen molar-refractivity contribution >= 4 is 5.69 Å². The molecule has 0 radical (unpaired) electrons. The fraction of sp³-hybridized carbons (Fsp3) is 0.467. The van der Waals surface area contributed by atoms with Crippen LogP contribution in [-0.4, -0.2) is 26.9 Å². The summed E-state index contributed by atoms with van der Waals surface area (Å²) in [7, 11) is 1.58. The molecule has 2 N–H and O–H groups in total. The van der Waals surface area contributed by atoms with Gasteiger partial charge in [0, 0.05) is 5.56 Å². The quantitative estimate of drug-likeness (QED) is 0.663. The third-order valence-electron chi connectivity index (χ3n) is 2.89. The monoisotopic (exact) mass is 279 g/mol. The molecule has 5 heteroatoms. The first-order valence-corrected chi connectivity index (χ1v) is 6.59. The van der Waals surface area contributed by atoms with E-state index in [1.165, 1.54) is 0 Å². The maximum atomic E-state index is 6.04. The average Bonchev–Trinajstić information content (AvgIpc) is 2.46. The van der Waals surface area contributed by atoms with E-state index in [4.69, 9.17) is 24.7 Å². The van der Waals surface area contributed by atoms with Crippen molar-refractivity contribution in [1.29, 1.82) is 0 Å². The lowest BCUT2D eigenvalue weighted by Gasteiger charge is -2.24. The molecule has 0 aromatic heterocycles. The Kier molecular flexibility index (Phi) is 4.87. The zero-order valence-electron chi connectivity index (χ0n) is 12.0. The van der Waals surface area contributed by atoms with Gasteiger partial charge < -0.3 is 24.7 Å². The summed E-state index contributed by atoms with van der Waals surface area (Å²) in [6, 6.07) is 3.63. The van der Waals surface area contributed by atoms with E-state index in [9.17, 15) is 0 Å². The predicted molar refractivity (Wildman–Crippen MR) is 77.0 cm³/mol. The molecular weight excluding hydrogens is 258 g/mol. The highest BCUT2D eigenvalue weighted by atomic mass is 16.7. The molecule has 0 saturated carbocycles. The van der Waals surface area contributed by atoms with Crippen LogP contribution in [0.15, 0.2) is 24.3 Å². The number of benzene rings is 1. The SMILES string of the molecule is C=C(C)COc1c(N)cc(C2OCCCO2)cc1OC. The summed E-state index contributed by atoms with van der Waals surface area (Å²) in [6.07, 6.45) is 0.512. The van der Waals surface area contributed by atoms with Crippen LogP contribution in [0.25, 0.3) is 0 Å². The van der Waals surface area contributed by atoms with Crippen molar-refractivity contribution in [2.24, 2.45) is 0 Å². The molecule has 5 nitrogen and oxygen atoms in total. The van der Waals surface area contributed by atoms with Crippen LogP contribution in [0.2, 0.25) is 0 Å². The number of hydrogen-bond acceptors (Lipinski definition) is 5. The van der Waals surface area contributed by atoms with Gasteiger partial charge in [0.1, 0.15) is 6.61 Å². The number of nitrogen functional groups attached to an aromatic ring is 1. The Bertz CT molecular complexity index is 481. The molecule has 110 valence electrons. The van der Waals surface area contributed by atoms with Crippen molar-refractivity contribution in [2.45, 2.75) is 19.6 Å². The van der Waals surface area contributed by atoms with Gasteiger partial charge in [0.25, 0.3) is 0 Å². The highest BCUT2D eigenvalue weighted by Crippen LogP contribution is 2.38. The number of anilines is 1. The van der Waals surface area contributed by atoms with E-state index in [2.05, 4.69) is 6.58 Å². The minimum atomic E-state index is -0.393. The fourth-order valence-electron chi connectivity index (χ4n) is 1.96. The normalized spacial score (nSPS) is 15.9. The van der Waals surface area contributed by atoms with Gasteiger partial charge in [-0.2, -0.15) is 0 Å². The lowest BCUT2D eigenvalue weighted by molar-refractivity contribution is -0.183. The number of hydrogen-bond donors (Lipinski definition) is 1. The summed E-state index contributed by atoms with van der Waals surface area (Å²) in [4.78, 5) is 0. The second-order valence-corrected chi connectivity index (χ2v) is 4.81. The van der Waals surface area contributed by atoms with Gasteiger partial charge in [-0.15, -0.1) is 0 Å². The van der Waals surface area contributed by atoms with E-state index in [0.717, 1.165) is 17.6 Å². The van der Waals surface area contributed by atoms with Crippen molar-refractivity contribution in [1.82, 2.24) is 0 Å². The summed E-state index contributed by atoms with van der Waals surface area (Å²) in [5.41, 5.74) is 8.29. The van der Waals surface area contributed by atoms with Gasteiger partial charge in [-0.05, 0) is 31.1 Å². The Balaban J connectivity index is 2.24. The molecular formula is C15H21NO4. The van der Waals surface area contributed by atoms with E-state index in [-0.39, 0.29) is 0 Å². The standard InChI is InChI=1S/C15H21NO4/c1-10(2)9-20-14-12(16)7-11(8-13(14)17-3)15-18-5-4-6-19-15/h7-8,15H,1,4-6,9,16H2,2-3H3. The van der Waals surface area contributed by atoms with Crippen molar-refractivity contribution in [2.75, 3.05) is 32.7 Å². The van der Waals surface area contributed by atoms with Gasteiger partial charge in [-0.1, -0.05) is 6.58 Å². The van der Waals surface area contributed by atoms with Crippen molar-refractivity contribution in [3.8, 4) is 11.5 Å². The van der Waals surface area contributed by atoms with E-state index < -0.39 is 6.29 Å². The molecule has 20 heavy (non-hydrogen) atoms. The number of rotatable bonds is 5. The van der Waals surface area contributed by atoms with Crippen molar-refractivity contribution in [3.05, 3.63) is 29.8 Å². The van der Waals surface area contributed by atoms with Crippen LogP contribution in [0.1, 0.15) is 25.2 Å². The van der Waals surface area contributed by atoms with E-state index >= 15 is 0 Å². The molecule has 1 aromatic rings. The Hall–Kier alpha value is -1.72. The van der Waals surface area contributed by atoms with Gasteiger partial charge in [0.15, 0.2) is 17.8 Å². The summed E-state index contributed by atoms with van der Waals surface area (Å²) in [5.74, 6) is 1.09. The smallest absolute Gasteiger partial charge is 0.184 e. The van der Waals surface area contributed by atoms with Gasteiger partial charge in [-0.25, -0.2) is 0 Å². The third kappa shape index (κ3) is 3.43.